The average molecular weight is 407 g/mol. The van der Waals surface area contributed by atoms with Crippen molar-refractivity contribution in [2.45, 2.75) is 31.1 Å². The number of Topliss-reactive ketones (excluding diaryl/α,β-unsaturated/α-hetero) is 1. The second-order valence-electron chi connectivity index (χ2n) is 6.28. The molecule has 0 unspecified atom stereocenters. The van der Waals surface area contributed by atoms with Gasteiger partial charge in [0.05, 0.1) is 6.26 Å². The molecule has 0 saturated carbocycles. The van der Waals surface area contributed by atoms with E-state index in [9.17, 15) is 13.2 Å². The van der Waals surface area contributed by atoms with Gasteiger partial charge in [-0.3, -0.25) is 9.52 Å². The van der Waals surface area contributed by atoms with Crippen molar-refractivity contribution in [3.05, 3.63) is 54.1 Å². The largest absolute Gasteiger partial charge is 0.385 e. The third-order valence-electron chi connectivity index (χ3n) is 3.81. The van der Waals surface area contributed by atoms with Crippen LogP contribution < -0.4 is 10.0 Å². The van der Waals surface area contributed by atoms with Crippen molar-refractivity contribution in [3.8, 4) is 0 Å². The van der Waals surface area contributed by atoms with E-state index in [2.05, 4.69) is 29.1 Å². The molecule has 0 aromatic heterocycles. The number of benzene rings is 2. The Morgan fingerprint density at radius 3 is 2.22 bits per heavy atom. The molecule has 146 valence electrons. The summed E-state index contributed by atoms with van der Waals surface area (Å²) in [5, 5.41) is 3.26. The third kappa shape index (κ3) is 8.05. The Morgan fingerprint density at radius 1 is 1.00 bits per heavy atom. The zero-order valence-electron chi connectivity index (χ0n) is 15.7. The van der Waals surface area contributed by atoms with E-state index in [1.54, 1.807) is 24.3 Å². The second kappa shape index (κ2) is 10.4. The normalized spacial score (nSPS) is 11.2. The molecule has 0 fully saturated rings. The molecule has 0 aliphatic rings. The van der Waals surface area contributed by atoms with Gasteiger partial charge in [-0.1, -0.05) is 13.3 Å². The predicted molar refractivity (Wildman–Crippen MR) is 114 cm³/mol. The lowest BCUT2D eigenvalue weighted by atomic mass is 10.1. The molecule has 2 N–H and O–H groups in total. The van der Waals surface area contributed by atoms with E-state index in [1.807, 2.05) is 23.9 Å². The molecule has 0 aliphatic heterocycles. The van der Waals surface area contributed by atoms with Gasteiger partial charge in [0.1, 0.15) is 0 Å². The van der Waals surface area contributed by atoms with Crippen molar-refractivity contribution < 1.29 is 13.2 Å². The summed E-state index contributed by atoms with van der Waals surface area (Å²) in [5.41, 5.74) is 2.01. The van der Waals surface area contributed by atoms with E-state index in [4.69, 9.17) is 0 Å². The number of sulfonamides is 1. The molecule has 0 saturated heterocycles. The quantitative estimate of drug-likeness (QED) is 0.323. The fraction of sp³-hybridized carbons (Fsp3) is 0.350. The molecule has 27 heavy (non-hydrogen) atoms. The summed E-state index contributed by atoms with van der Waals surface area (Å²) >= 11 is 1.86. The molecule has 2 aromatic carbocycles. The number of anilines is 2. The highest BCUT2D eigenvalue weighted by Gasteiger charge is 2.07. The van der Waals surface area contributed by atoms with E-state index >= 15 is 0 Å². The average Bonchev–Trinajstić information content (AvgIpc) is 2.62. The summed E-state index contributed by atoms with van der Waals surface area (Å²) in [4.78, 5) is 13.5. The highest BCUT2D eigenvalue weighted by molar-refractivity contribution is 7.99. The molecular formula is C20H26N2O3S2. The van der Waals surface area contributed by atoms with E-state index in [-0.39, 0.29) is 5.78 Å². The minimum atomic E-state index is -3.31. The molecule has 0 heterocycles. The second-order valence-corrected chi connectivity index (χ2v) is 9.19. The van der Waals surface area contributed by atoms with Crippen molar-refractivity contribution in [1.82, 2.24) is 0 Å². The summed E-state index contributed by atoms with van der Waals surface area (Å²) in [6.07, 6.45) is 3.88. The fourth-order valence-electron chi connectivity index (χ4n) is 2.41. The van der Waals surface area contributed by atoms with Crippen LogP contribution in [0.4, 0.5) is 11.4 Å². The lowest BCUT2D eigenvalue weighted by Crippen LogP contribution is -2.11. The van der Waals surface area contributed by atoms with Crippen molar-refractivity contribution in [1.29, 1.82) is 0 Å². The molecule has 0 atom stereocenters. The number of hydrogen-bond acceptors (Lipinski definition) is 5. The topological polar surface area (TPSA) is 75.3 Å². The zero-order chi connectivity index (χ0) is 19.7. The molecule has 0 radical (unpaired) electrons. The molecule has 0 spiro atoms. The third-order valence-corrected chi connectivity index (χ3v) is 5.52. The van der Waals surface area contributed by atoms with Gasteiger partial charge in [-0.05, 0) is 60.7 Å². The van der Waals surface area contributed by atoms with Crippen LogP contribution in [0.3, 0.4) is 0 Å². The fourth-order valence-corrected chi connectivity index (χ4v) is 3.97. The van der Waals surface area contributed by atoms with Crippen molar-refractivity contribution in [2.24, 2.45) is 0 Å². The van der Waals surface area contributed by atoms with E-state index in [0.717, 1.165) is 17.7 Å². The van der Waals surface area contributed by atoms with E-state index in [0.29, 0.717) is 24.2 Å². The number of rotatable bonds is 11. The Kier molecular flexibility index (Phi) is 8.19. The Morgan fingerprint density at radius 2 is 1.63 bits per heavy atom. The standard InChI is InChI=1S/C20H26N2O3S2/c1-3-4-15-26-19-11-9-17(10-12-19)21-14-13-20(23)16-5-7-18(8-6-16)22-27(2,24)25/h5-12,21-22H,3-4,13-15H2,1-2H3. The van der Waals surface area contributed by atoms with Gasteiger partial charge in [0.15, 0.2) is 5.78 Å². The van der Waals surface area contributed by atoms with Crippen LogP contribution >= 0.6 is 11.8 Å². The molecule has 2 rings (SSSR count). The van der Waals surface area contributed by atoms with Gasteiger partial charge in [-0.2, -0.15) is 0 Å². The highest BCUT2D eigenvalue weighted by atomic mass is 32.2. The van der Waals surface area contributed by atoms with Crippen LogP contribution in [0.25, 0.3) is 0 Å². The Hall–Kier alpha value is -1.99. The number of carbonyl (C=O) groups is 1. The van der Waals surface area contributed by atoms with Crippen molar-refractivity contribution >= 4 is 38.9 Å². The van der Waals surface area contributed by atoms with Gasteiger partial charge in [-0.15, -0.1) is 11.8 Å². The minimum absolute atomic E-state index is 0.0140. The van der Waals surface area contributed by atoms with Crippen molar-refractivity contribution in [3.63, 3.8) is 0 Å². The summed E-state index contributed by atoms with van der Waals surface area (Å²) < 4.78 is 24.8. The maximum absolute atomic E-state index is 12.3. The van der Waals surface area contributed by atoms with Crippen LogP contribution in [0.2, 0.25) is 0 Å². The van der Waals surface area contributed by atoms with Gasteiger partial charge >= 0.3 is 0 Å². The number of ketones is 1. The first-order chi connectivity index (χ1) is 12.9. The first-order valence-corrected chi connectivity index (χ1v) is 11.8. The van der Waals surface area contributed by atoms with E-state index < -0.39 is 10.0 Å². The Bertz CT molecular complexity index is 833. The first kappa shape index (κ1) is 21.3. The van der Waals surface area contributed by atoms with Crippen molar-refractivity contribution in [2.75, 3.05) is 28.6 Å². The summed E-state index contributed by atoms with van der Waals surface area (Å²) in [6, 6.07) is 14.7. The number of nitrogens with one attached hydrogen (secondary N) is 2. The van der Waals surface area contributed by atoms with Gasteiger partial charge in [-0.25, -0.2) is 8.42 Å². The minimum Gasteiger partial charge on any atom is -0.385 e. The predicted octanol–water partition coefficient (Wildman–Crippen LogP) is 4.64. The van der Waals surface area contributed by atoms with Gasteiger partial charge in [0.25, 0.3) is 0 Å². The molecule has 2 aromatic rings. The number of unbranched alkanes of at least 4 members (excludes halogenated alkanes) is 1. The summed E-state index contributed by atoms with van der Waals surface area (Å²) in [6.45, 7) is 2.74. The molecular weight excluding hydrogens is 380 g/mol. The number of hydrogen-bond donors (Lipinski definition) is 2. The van der Waals surface area contributed by atoms with Gasteiger partial charge in [0.2, 0.25) is 10.0 Å². The number of thioether (sulfide) groups is 1. The van der Waals surface area contributed by atoms with Crippen LogP contribution in [-0.4, -0.2) is 32.8 Å². The smallest absolute Gasteiger partial charge is 0.229 e. The van der Waals surface area contributed by atoms with Gasteiger partial charge in [0, 0.05) is 34.8 Å². The molecule has 7 heteroatoms. The first-order valence-electron chi connectivity index (χ1n) is 8.95. The lowest BCUT2D eigenvalue weighted by molar-refractivity contribution is 0.0986. The van der Waals surface area contributed by atoms with Crippen LogP contribution in [0.5, 0.6) is 0 Å². The molecule has 0 amide bonds. The SMILES string of the molecule is CCCCSc1ccc(NCCC(=O)c2ccc(NS(C)(=O)=O)cc2)cc1. The maximum atomic E-state index is 12.3. The zero-order valence-corrected chi connectivity index (χ0v) is 17.3. The molecule has 5 nitrogen and oxygen atoms in total. The Labute approximate surface area is 166 Å². The Balaban J connectivity index is 1.78. The number of carbonyl (C=O) groups excluding carboxylic acids is 1. The summed E-state index contributed by atoms with van der Waals surface area (Å²) in [7, 11) is -3.31. The van der Waals surface area contributed by atoms with Crippen LogP contribution in [0, 0.1) is 0 Å². The van der Waals surface area contributed by atoms with Gasteiger partial charge < -0.3 is 5.32 Å². The van der Waals surface area contributed by atoms with Crippen LogP contribution in [-0.2, 0) is 10.0 Å². The lowest BCUT2D eigenvalue weighted by Gasteiger charge is -2.08. The monoisotopic (exact) mass is 406 g/mol. The van der Waals surface area contributed by atoms with Crippen LogP contribution in [0.15, 0.2) is 53.4 Å². The highest BCUT2D eigenvalue weighted by Crippen LogP contribution is 2.21. The maximum Gasteiger partial charge on any atom is 0.229 e. The van der Waals surface area contributed by atoms with E-state index in [1.165, 1.54) is 17.7 Å². The molecule has 0 bridgehead atoms. The molecule has 0 aliphatic carbocycles. The summed E-state index contributed by atoms with van der Waals surface area (Å²) in [5.74, 6) is 1.15. The van der Waals surface area contributed by atoms with Crippen LogP contribution in [0.1, 0.15) is 36.5 Å².